The monoisotopic (exact) mass is 331 g/mol. The smallest absolute Gasteiger partial charge is 0.238 e. The Morgan fingerprint density at radius 1 is 1.33 bits per heavy atom. The highest BCUT2D eigenvalue weighted by molar-refractivity contribution is 6.40. The Hall–Kier alpha value is -1.01. The van der Waals surface area contributed by atoms with Gasteiger partial charge in [-0.3, -0.25) is 9.69 Å². The summed E-state index contributed by atoms with van der Waals surface area (Å²) in [6.07, 6.45) is 1.82. The standard InChI is InChI=1S/C14H19Cl2N3O2/c15-11-5-10(17)6-12(16)14(11)18-13(21)7-19-3-1-9(8-20)2-4-19/h5-6,9,20H,1-4,7-8,17H2,(H,18,21). The van der Waals surface area contributed by atoms with Gasteiger partial charge in [-0.05, 0) is 44.0 Å². The van der Waals surface area contributed by atoms with Crippen molar-refractivity contribution in [1.29, 1.82) is 0 Å². The molecule has 1 amide bonds. The molecule has 1 aliphatic heterocycles. The fourth-order valence-corrected chi connectivity index (χ4v) is 3.02. The second-order valence-electron chi connectivity index (χ2n) is 5.31. The predicted octanol–water partition coefficient (Wildman–Crippen LogP) is 2.22. The Bertz CT molecular complexity index is 494. The summed E-state index contributed by atoms with van der Waals surface area (Å²) >= 11 is 12.1. The number of rotatable bonds is 4. The van der Waals surface area contributed by atoms with Crippen molar-refractivity contribution in [3.05, 3.63) is 22.2 Å². The summed E-state index contributed by atoms with van der Waals surface area (Å²) in [6, 6.07) is 3.10. The number of hydrogen-bond donors (Lipinski definition) is 3. The number of amides is 1. The van der Waals surface area contributed by atoms with E-state index < -0.39 is 0 Å². The van der Waals surface area contributed by atoms with Crippen LogP contribution < -0.4 is 11.1 Å². The van der Waals surface area contributed by atoms with Crippen molar-refractivity contribution < 1.29 is 9.90 Å². The van der Waals surface area contributed by atoms with Crippen molar-refractivity contribution in [2.24, 2.45) is 5.92 Å². The van der Waals surface area contributed by atoms with Crippen molar-refractivity contribution >= 4 is 40.5 Å². The van der Waals surface area contributed by atoms with E-state index in [0.29, 0.717) is 27.3 Å². The number of nitrogens with two attached hydrogens (primary N) is 1. The van der Waals surface area contributed by atoms with Gasteiger partial charge in [-0.2, -0.15) is 0 Å². The lowest BCUT2D eigenvalue weighted by Gasteiger charge is -2.30. The molecule has 4 N–H and O–H groups in total. The molecular formula is C14H19Cl2N3O2. The van der Waals surface area contributed by atoms with Gasteiger partial charge in [0.15, 0.2) is 0 Å². The lowest BCUT2D eigenvalue weighted by Crippen LogP contribution is -2.39. The van der Waals surface area contributed by atoms with Gasteiger partial charge in [0.25, 0.3) is 0 Å². The molecule has 1 aromatic carbocycles. The third kappa shape index (κ3) is 4.48. The largest absolute Gasteiger partial charge is 0.399 e. The molecule has 1 aromatic rings. The van der Waals surface area contributed by atoms with E-state index >= 15 is 0 Å². The van der Waals surface area contributed by atoms with Crippen molar-refractivity contribution in [1.82, 2.24) is 4.90 Å². The molecule has 0 bridgehead atoms. The maximum absolute atomic E-state index is 12.1. The Labute approximate surface area is 134 Å². The van der Waals surface area contributed by atoms with Crippen molar-refractivity contribution in [3.8, 4) is 0 Å². The summed E-state index contributed by atoms with van der Waals surface area (Å²) in [7, 11) is 0. The van der Waals surface area contributed by atoms with Crippen LogP contribution in [0, 0.1) is 5.92 Å². The Balaban J connectivity index is 1.91. The summed E-state index contributed by atoms with van der Waals surface area (Å²) in [5.41, 5.74) is 6.47. The number of aliphatic hydroxyl groups excluding tert-OH is 1. The van der Waals surface area contributed by atoms with Gasteiger partial charge in [-0.1, -0.05) is 23.2 Å². The molecule has 7 heteroatoms. The first kappa shape index (κ1) is 16.4. The Kier molecular flexibility index (Phi) is 5.70. The summed E-state index contributed by atoms with van der Waals surface area (Å²) in [5, 5.41) is 12.5. The highest BCUT2D eigenvalue weighted by atomic mass is 35.5. The van der Waals surface area contributed by atoms with Crippen LogP contribution in [-0.4, -0.2) is 42.2 Å². The molecule has 0 radical (unpaired) electrons. The minimum atomic E-state index is -0.161. The summed E-state index contributed by atoms with van der Waals surface area (Å²) in [5.74, 6) is 0.191. The van der Waals surface area contributed by atoms with Gasteiger partial charge < -0.3 is 16.2 Å². The lowest BCUT2D eigenvalue weighted by molar-refractivity contribution is -0.117. The second kappa shape index (κ2) is 7.31. The van der Waals surface area contributed by atoms with E-state index in [1.54, 1.807) is 12.1 Å². The molecule has 5 nitrogen and oxygen atoms in total. The SMILES string of the molecule is Nc1cc(Cl)c(NC(=O)CN2CCC(CO)CC2)c(Cl)c1. The molecule has 0 aliphatic carbocycles. The zero-order valence-corrected chi connectivity index (χ0v) is 13.1. The third-order valence-corrected chi connectivity index (χ3v) is 4.26. The van der Waals surface area contributed by atoms with Gasteiger partial charge in [-0.25, -0.2) is 0 Å². The number of halogens is 2. The quantitative estimate of drug-likeness (QED) is 0.739. The molecule has 0 saturated carbocycles. The fraction of sp³-hybridized carbons (Fsp3) is 0.500. The molecule has 1 fully saturated rings. The molecule has 0 unspecified atom stereocenters. The highest BCUT2D eigenvalue weighted by Crippen LogP contribution is 2.32. The van der Waals surface area contributed by atoms with Crippen LogP contribution >= 0.6 is 23.2 Å². The number of piperidine rings is 1. The zero-order valence-electron chi connectivity index (χ0n) is 11.6. The van der Waals surface area contributed by atoms with Crippen LogP contribution in [0.15, 0.2) is 12.1 Å². The summed E-state index contributed by atoms with van der Waals surface area (Å²) < 4.78 is 0. The van der Waals surface area contributed by atoms with E-state index in [9.17, 15) is 4.79 Å². The summed E-state index contributed by atoms with van der Waals surface area (Å²) in [4.78, 5) is 14.1. The van der Waals surface area contributed by atoms with E-state index in [1.807, 2.05) is 0 Å². The number of benzene rings is 1. The molecule has 0 aromatic heterocycles. The van der Waals surface area contributed by atoms with Crippen LogP contribution in [0.2, 0.25) is 10.0 Å². The van der Waals surface area contributed by atoms with Gasteiger partial charge in [-0.15, -0.1) is 0 Å². The van der Waals surface area contributed by atoms with E-state index in [-0.39, 0.29) is 19.1 Å². The van der Waals surface area contributed by atoms with Crippen molar-refractivity contribution in [3.63, 3.8) is 0 Å². The van der Waals surface area contributed by atoms with E-state index in [0.717, 1.165) is 25.9 Å². The van der Waals surface area contributed by atoms with Gasteiger partial charge in [0.2, 0.25) is 5.91 Å². The van der Waals surface area contributed by atoms with Crippen molar-refractivity contribution in [2.75, 3.05) is 37.3 Å². The van der Waals surface area contributed by atoms with Crippen LogP contribution in [0.5, 0.6) is 0 Å². The topological polar surface area (TPSA) is 78.6 Å². The minimum absolute atomic E-state index is 0.161. The number of aliphatic hydroxyl groups is 1. The van der Waals surface area contributed by atoms with Crippen LogP contribution in [0.25, 0.3) is 0 Å². The number of nitrogen functional groups attached to an aromatic ring is 1. The Morgan fingerprint density at radius 2 is 1.90 bits per heavy atom. The number of carbonyl (C=O) groups excluding carboxylic acids is 1. The molecule has 1 saturated heterocycles. The predicted molar refractivity (Wildman–Crippen MR) is 85.8 cm³/mol. The van der Waals surface area contributed by atoms with Gasteiger partial charge in [0, 0.05) is 12.3 Å². The molecule has 116 valence electrons. The molecule has 1 heterocycles. The summed E-state index contributed by atoms with van der Waals surface area (Å²) in [6.45, 7) is 2.12. The Morgan fingerprint density at radius 3 is 2.43 bits per heavy atom. The lowest BCUT2D eigenvalue weighted by atomic mass is 9.98. The van der Waals surface area contributed by atoms with Gasteiger partial charge in [0.1, 0.15) is 0 Å². The van der Waals surface area contributed by atoms with Gasteiger partial charge >= 0.3 is 0 Å². The van der Waals surface area contributed by atoms with Crippen LogP contribution in [0.3, 0.4) is 0 Å². The first-order valence-electron chi connectivity index (χ1n) is 6.87. The van der Waals surface area contributed by atoms with Crippen molar-refractivity contribution in [2.45, 2.75) is 12.8 Å². The number of anilines is 2. The third-order valence-electron chi connectivity index (χ3n) is 3.66. The molecule has 1 aliphatic rings. The van der Waals surface area contributed by atoms with E-state index in [4.69, 9.17) is 34.0 Å². The molecule has 0 atom stereocenters. The normalized spacial score (nSPS) is 16.9. The number of nitrogens with zero attached hydrogens (tertiary/aromatic N) is 1. The number of hydrogen-bond acceptors (Lipinski definition) is 4. The fourth-order valence-electron chi connectivity index (χ4n) is 2.42. The van der Waals surface area contributed by atoms with Crippen LogP contribution in [0.4, 0.5) is 11.4 Å². The number of carbonyl (C=O) groups is 1. The van der Waals surface area contributed by atoms with Crippen LogP contribution in [0.1, 0.15) is 12.8 Å². The molecule has 2 rings (SSSR count). The maximum Gasteiger partial charge on any atom is 0.238 e. The first-order valence-corrected chi connectivity index (χ1v) is 7.62. The zero-order chi connectivity index (χ0) is 15.4. The average Bonchev–Trinajstić information content (AvgIpc) is 2.43. The van der Waals surface area contributed by atoms with E-state index in [1.165, 1.54) is 0 Å². The molecule has 0 spiro atoms. The number of likely N-dealkylation sites (tertiary alicyclic amines) is 1. The van der Waals surface area contributed by atoms with E-state index in [2.05, 4.69) is 10.2 Å². The highest BCUT2D eigenvalue weighted by Gasteiger charge is 2.21. The second-order valence-corrected chi connectivity index (χ2v) is 6.12. The average molecular weight is 332 g/mol. The molecule has 21 heavy (non-hydrogen) atoms. The van der Waals surface area contributed by atoms with Gasteiger partial charge in [0.05, 0.1) is 22.3 Å². The van der Waals surface area contributed by atoms with Crippen LogP contribution in [-0.2, 0) is 4.79 Å². The molecular weight excluding hydrogens is 313 g/mol. The minimum Gasteiger partial charge on any atom is -0.399 e. The number of nitrogens with one attached hydrogen (secondary N) is 1. The first-order chi connectivity index (χ1) is 9.99. The maximum atomic E-state index is 12.1.